The van der Waals surface area contributed by atoms with Gasteiger partial charge in [-0.05, 0) is 56.7 Å². The number of rotatable bonds is 7. The van der Waals surface area contributed by atoms with Crippen LogP contribution in [0.3, 0.4) is 0 Å². The summed E-state index contributed by atoms with van der Waals surface area (Å²) in [6.45, 7) is 6.02. The maximum Gasteiger partial charge on any atom is 0.234 e. The first-order valence-corrected chi connectivity index (χ1v) is 10.9. The zero-order valence-electron chi connectivity index (χ0n) is 16.8. The molecule has 1 unspecified atom stereocenters. The van der Waals surface area contributed by atoms with Gasteiger partial charge in [-0.1, -0.05) is 45.4 Å². The molecule has 3 rings (SSSR count). The fourth-order valence-corrected chi connectivity index (χ4v) is 3.82. The van der Waals surface area contributed by atoms with Crippen molar-refractivity contribution in [1.29, 1.82) is 0 Å². The van der Waals surface area contributed by atoms with E-state index in [1.54, 1.807) is 0 Å². The van der Waals surface area contributed by atoms with Crippen molar-refractivity contribution in [3.63, 3.8) is 0 Å². The van der Waals surface area contributed by atoms with Crippen LogP contribution in [0.25, 0.3) is 0 Å². The van der Waals surface area contributed by atoms with Gasteiger partial charge in [-0.15, -0.1) is 10.2 Å². The lowest BCUT2D eigenvalue weighted by Crippen LogP contribution is -2.14. The summed E-state index contributed by atoms with van der Waals surface area (Å²) >= 11 is 4.72. The van der Waals surface area contributed by atoms with Crippen molar-refractivity contribution >= 4 is 39.3 Å². The van der Waals surface area contributed by atoms with E-state index >= 15 is 0 Å². The van der Waals surface area contributed by atoms with Gasteiger partial charge in [0, 0.05) is 17.2 Å². The Bertz CT molecular complexity index is 1000. The molecule has 0 aliphatic carbocycles. The highest BCUT2D eigenvalue weighted by Crippen LogP contribution is 2.26. The first kappa shape index (κ1) is 21.4. The molecule has 6 nitrogen and oxygen atoms in total. The fourth-order valence-electron chi connectivity index (χ4n) is 2.84. The molecule has 0 spiro atoms. The summed E-state index contributed by atoms with van der Waals surface area (Å²) in [6, 6.07) is 13.5. The van der Waals surface area contributed by atoms with Crippen molar-refractivity contribution in [2.45, 2.75) is 32.0 Å². The van der Waals surface area contributed by atoms with E-state index in [2.05, 4.69) is 44.4 Å². The number of aromatic nitrogens is 3. The predicted octanol–water partition coefficient (Wildman–Crippen LogP) is 5.07. The highest BCUT2D eigenvalue weighted by molar-refractivity contribution is 9.10. The van der Waals surface area contributed by atoms with Gasteiger partial charge in [0.25, 0.3) is 0 Å². The van der Waals surface area contributed by atoms with Gasteiger partial charge < -0.3 is 14.6 Å². The van der Waals surface area contributed by atoms with Gasteiger partial charge in [-0.3, -0.25) is 4.79 Å². The number of anilines is 1. The number of nitrogens with one attached hydrogen (secondary N) is 1. The third kappa shape index (κ3) is 5.61. The van der Waals surface area contributed by atoms with Gasteiger partial charge in [0.2, 0.25) is 5.91 Å². The first-order chi connectivity index (χ1) is 13.8. The second-order valence-corrected chi connectivity index (χ2v) is 8.63. The molecule has 0 aliphatic heterocycles. The Balaban J connectivity index is 1.59. The molecule has 0 radical (unpaired) electrons. The maximum atomic E-state index is 12.2. The predicted molar refractivity (Wildman–Crippen MR) is 119 cm³/mol. The minimum absolute atomic E-state index is 0.0959. The fraction of sp³-hybridized carbons (Fsp3) is 0.286. The van der Waals surface area contributed by atoms with Crippen LogP contribution < -0.4 is 10.1 Å². The van der Waals surface area contributed by atoms with E-state index < -0.39 is 0 Å². The number of halogens is 1. The summed E-state index contributed by atoms with van der Waals surface area (Å²) in [7, 11) is 1.88. The molecule has 29 heavy (non-hydrogen) atoms. The molecule has 0 aliphatic rings. The van der Waals surface area contributed by atoms with Crippen molar-refractivity contribution < 1.29 is 9.53 Å². The van der Waals surface area contributed by atoms with Crippen LogP contribution in [0.15, 0.2) is 52.1 Å². The lowest BCUT2D eigenvalue weighted by atomic mass is 10.1. The van der Waals surface area contributed by atoms with E-state index in [1.807, 2.05) is 61.9 Å². The molecular formula is C21H23BrN4O2S. The molecule has 0 saturated carbocycles. The van der Waals surface area contributed by atoms with Crippen molar-refractivity contribution in [1.82, 2.24) is 14.8 Å². The van der Waals surface area contributed by atoms with E-state index in [-0.39, 0.29) is 17.8 Å². The number of benzene rings is 2. The van der Waals surface area contributed by atoms with Crippen molar-refractivity contribution in [2.24, 2.45) is 7.05 Å². The van der Waals surface area contributed by atoms with Crippen LogP contribution in [-0.4, -0.2) is 26.4 Å². The Morgan fingerprint density at radius 1 is 1.21 bits per heavy atom. The average Bonchev–Trinajstić information content (AvgIpc) is 3.05. The summed E-state index contributed by atoms with van der Waals surface area (Å²) in [5.41, 5.74) is 3.03. The van der Waals surface area contributed by atoms with E-state index in [0.29, 0.717) is 11.0 Å². The standard InChI is InChI=1S/C21H23BrN4O2S/c1-13-5-10-18(14(2)11-13)28-15(3)20-24-25-21(26(20)4)29-12-19(27)23-17-8-6-16(22)7-9-17/h5-11,15H,12H2,1-4H3,(H,23,27). The SMILES string of the molecule is Cc1ccc(OC(C)c2nnc(SCC(=O)Nc3ccc(Br)cc3)n2C)c(C)c1. The first-order valence-electron chi connectivity index (χ1n) is 9.15. The molecule has 1 N–H and O–H groups in total. The molecule has 1 atom stereocenters. The van der Waals surface area contributed by atoms with Gasteiger partial charge in [-0.25, -0.2) is 0 Å². The average molecular weight is 475 g/mol. The quantitative estimate of drug-likeness (QED) is 0.484. The van der Waals surface area contributed by atoms with Crippen molar-refractivity contribution in [2.75, 3.05) is 11.1 Å². The molecule has 2 aromatic carbocycles. The van der Waals surface area contributed by atoms with Gasteiger partial charge in [-0.2, -0.15) is 0 Å². The number of amides is 1. The van der Waals surface area contributed by atoms with Crippen molar-refractivity contribution in [3.8, 4) is 5.75 Å². The highest BCUT2D eigenvalue weighted by atomic mass is 79.9. The molecule has 1 aromatic heterocycles. The summed E-state index contributed by atoms with van der Waals surface area (Å²) in [4.78, 5) is 12.2. The van der Waals surface area contributed by atoms with E-state index in [9.17, 15) is 4.79 Å². The maximum absolute atomic E-state index is 12.2. The molecule has 152 valence electrons. The second-order valence-electron chi connectivity index (χ2n) is 6.77. The summed E-state index contributed by atoms with van der Waals surface area (Å²) < 4.78 is 8.91. The molecule has 0 fully saturated rings. The molecule has 1 heterocycles. The van der Waals surface area contributed by atoms with Crippen LogP contribution in [-0.2, 0) is 11.8 Å². The van der Waals surface area contributed by atoms with Crippen LogP contribution in [0.2, 0.25) is 0 Å². The Labute approximate surface area is 183 Å². The zero-order chi connectivity index (χ0) is 21.0. The van der Waals surface area contributed by atoms with Crippen LogP contribution in [0.1, 0.15) is 30.0 Å². The van der Waals surface area contributed by atoms with E-state index in [0.717, 1.165) is 21.5 Å². The topological polar surface area (TPSA) is 69.0 Å². The van der Waals surface area contributed by atoms with Crippen LogP contribution in [0, 0.1) is 13.8 Å². The third-order valence-corrected chi connectivity index (χ3v) is 5.88. The van der Waals surface area contributed by atoms with Crippen LogP contribution >= 0.6 is 27.7 Å². The number of hydrogen-bond donors (Lipinski definition) is 1. The second kappa shape index (κ2) is 9.45. The number of carbonyl (C=O) groups excluding carboxylic acids is 1. The van der Waals surface area contributed by atoms with Crippen LogP contribution in [0.5, 0.6) is 5.75 Å². The van der Waals surface area contributed by atoms with Gasteiger partial charge in [0.1, 0.15) is 5.75 Å². The Hall–Kier alpha value is -2.32. The smallest absolute Gasteiger partial charge is 0.234 e. The number of hydrogen-bond acceptors (Lipinski definition) is 5. The van der Waals surface area contributed by atoms with Gasteiger partial charge in [0.15, 0.2) is 17.1 Å². The normalized spacial score (nSPS) is 11.9. The zero-order valence-corrected chi connectivity index (χ0v) is 19.2. The van der Waals surface area contributed by atoms with E-state index in [4.69, 9.17) is 4.74 Å². The Kier molecular flexibility index (Phi) is 6.97. The number of ether oxygens (including phenoxy) is 1. The van der Waals surface area contributed by atoms with E-state index in [1.165, 1.54) is 17.3 Å². The summed E-state index contributed by atoms with van der Waals surface area (Å²) in [6.07, 6.45) is -0.264. The summed E-state index contributed by atoms with van der Waals surface area (Å²) in [5, 5.41) is 12.0. The molecule has 8 heteroatoms. The number of nitrogens with zero attached hydrogens (tertiary/aromatic N) is 3. The van der Waals surface area contributed by atoms with Crippen molar-refractivity contribution in [3.05, 3.63) is 63.9 Å². The Morgan fingerprint density at radius 3 is 2.62 bits per heavy atom. The number of aryl methyl sites for hydroxylation is 2. The molecule has 1 amide bonds. The largest absolute Gasteiger partial charge is 0.482 e. The highest BCUT2D eigenvalue weighted by Gasteiger charge is 2.18. The lowest BCUT2D eigenvalue weighted by Gasteiger charge is -2.16. The minimum Gasteiger partial charge on any atom is -0.482 e. The number of thioether (sulfide) groups is 1. The minimum atomic E-state index is -0.264. The number of carbonyl (C=O) groups is 1. The monoisotopic (exact) mass is 474 g/mol. The summed E-state index contributed by atoms with van der Waals surface area (Å²) in [5.74, 6) is 1.69. The molecule has 0 saturated heterocycles. The molecule has 0 bridgehead atoms. The third-order valence-electron chi connectivity index (χ3n) is 4.33. The van der Waals surface area contributed by atoms with Gasteiger partial charge >= 0.3 is 0 Å². The molecule has 3 aromatic rings. The lowest BCUT2D eigenvalue weighted by molar-refractivity contribution is -0.113. The van der Waals surface area contributed by atoms with Gasteiger partial charge in [0.05, 0.1) is 5.75 Å². The van der Waals surface area contributed by atoms with Crippen LogP contribution in [0.4, 0.5) is 5.69 Å². The molecular weight excluding hydrogens is 452 g/mol. The Morgan fingerprint density at radius 2 is 1.93 bits per heavy atom.